The molecule has 0 aliphatic rings. The average Bonchev–Trinajstić information content (AvgIpc) is 2.92. The van der Waals surface area contributed by atoms with Gasteiger partial charge in [0.1, 0.15) is 0 Å². The summed E-state index contributed by atoms with van der Waals surface area (Å²) in [5.41, 5.74) is 1.27. The van der Waals surface area contributed by atoms with Crippen LogP contribution in [0.25, 0.3) is 0 Å². The van der Waals surface area contributed by atoms with Gasteiger partial charge in [0.15, 0.2) is 0 Å². The molecular formula is C16H16BrN3OS. The van der Waals surface area contributed by atoms with E-state index >= 15 is 0 Å². The smallest absolute Gasteiger partial charge is 0.241 e. The molecule has 1 N–H and O–H groups in total. The van der Waals surface area contributed by atoms with Crippen molar-refractivity contribution in [3.63, 3.8) is 0 Å². The van der Waals surface area contributed by atoms with Gasteiger partial charge in [-0.05, 0) is 66.3 Å². The number of carbonyl (C=O) groups is 1. The fourth-order valence-corrected chi connectivity index (χ4v) is 3.44. The first-order valence-electron chi connectivity index (χ1n) is 6.75. The number of nitriles is 1. The molecule has 2 rings (SSSR count). The molecule has 0 saturated heterocycles. The van der Waals surface area contributed by atoms with Gasteiger partial charge in [-0.25, -0.2) is 0 Å². The molecule has 4 nitrogen and oxygen atoms in total. The lowest BCUT2D eigenvalue weighted by atomic mass is 10.2. The molecular weight excluding hydrogens is 362 g/mol. The number of nitrogens with zero attached hydrogens (tertiary/aromatic N) is 2. The number of carbonyl (C=O) groups excluding carboxylic acids is 1. The highest BCUT2D eigenvalue weighted by molar-refractivity contribution is 9.11. The summed E-state index contributed by atoms with van der Waals surface area (Å²) >= 11 is 5.11. The zero-order chi connectivity index (χ0) is 16.1. The van der Waals surface area contributed by atoms with E-state index in [0.29, 0.717) is 11.3 Å². The van der Waals surface area contributed by atoms with Crippen molar-refractivity contribution in [2.24, 2.45) is 0 Å². The lowest BCUT2D eigenvalue weighted by Crippen LogP contribution is -2.39. The predicted octanol–water partition coefficient (Wildman–Crippen LogP) is 3.84. The minimum absolute atomic E-state index is 0.0668. The first-order chi connectivity index (χ1) is 10.5. The monoisotopic (exact) mass is 377 g/mol. The van der Waals surface area contributed by atoms with Crippen molar-refractivity contribution >= 4 is 38.9 Å². The third kappa shape index (κ3) is 4.41. The summed E-state index contributed by atoms with van der Waals surface area (Å²) in [6.45, 7) is 2.60. The highest BCUT2D eigenvalue weighted by atomic mass is 79.9. The van der Waals surface area contributed by atoms with Crippen LogP contribution in [0.2, 0.25) is 0 Å². The minimum Gasteiger partial charge on any atom is -0.325 e. The van der Waals surface area contributed by atoms with Crippen LogP contribution in [0.4, 0.5) is 5.69 Å². The molecule has 0 saturated carbocycles. The summed E-state index contributed by atoms with van der Waals surface area (Å²) in [7, 11) is 1.93. The molecule has 1 aromatic carbocycles. The molecule has 1 amide bonds. The van der Waals surface area contributed by atoms with Gasteiger partial charge in [0.2, 0.25) is 5.91 Å². The Morgan fingerprint density at radius 1 is 1.36 bits per heavy atom. The number of hydrogen-bond donors (Lipinski definition) is 1. The molecule has 2 aromatic rings. The molecule has 0 aliphatic carbocycles. The quantitative estimate of drug-likeness (QED) is 0.860. The molecule has 0 unspecified atom stereocenters. The van der Waals surface area contributed by atoms with E-state index in [2.05, 4.69) is 33.4 Å². The Balaban J connectivity index is 1.94. The van der Waals surface area contributed by atoms with Gasteiger partial charge in [0.05, 0.1) is 21.5 Å². The molecule has 0 aliphatic heterocycles. The molecule has 1 heterocycles. The molecule has 0 radical (unpaired) electrons. The van der Waals surface area contributed by atoms with Crippen LogP contribution in [0.1, 0.15) is 17.4 Å². The minimum atomic E-state index is -0.253. The lowest BCUT2D eigenvalue weighted by molar-refractivity contribution is -0.120. The standard InChI is InChI=1S/C16H16BrN3OS/c1-11(20(2)10-14-7-8-15(17)22-14)16(21)19-13-5-3-12(9-18)4-6-13/h3-8,11H,10H2,1-2H3,(H,19,21)/t11-/m1/s1. The summed E-state index contributed by atoms with van der Waals surface area (Å²) in [5, 5.41) is 11.6. The first kappa shape index (κ1) is 16.7. The number of halogens is 1. The Hall–Kier alpha value is -1.68. The first-order valence-corrected chi connectivity index (χ1v) is 8.36. The fraction of sp³-hybridized carbons (Fsp3) is 0.250. The number of hydrogen-bond acceptors (Lipinski definition) is 4. The second-order valence-corrected chi connectivity index (χ2v) is 7.52. The Labute approximate surface area is 142 Å². The summed E-state index contributed by atoms with van der Waals surface area (Å²) in [6, 6.07) is 12.7. The van der Waals surface area contributed by atoms with Crippen LogP contribution in [0.15, 0.2) is 40.2 Å². The molecule has 0 fully saturated rings. The third-order valence-electron chi connectivity index (χ3n) is 3.36. The van der Waals surface area contributed by atoms with E-state index in [-0.39, 0.29) is 11.9 Å². The van der Waals surface area contributed by atoms with Crippen LogP contribution in [0.5, 0.6) is 0 Å². The number of amides is 1. The van der Waals surface area contributed by atoms with E-state index in [1.165, 1.54) is 4.88 Å². The van der Waals surface area contributed by atoms with Gasteiger partial charge in [0, 0.05) is 17.1 Å². The maximum Gasteiger partial charge on any atom is 0.241 e. The zero-order valence-corrected chi connectivity index (χ0v) is 14.7. The van der Waals surface area contributed by atoms with Crippen LogP contribution in [0.3, 0.4) is 0 Å². The zero-order valence-electron chi connectivity index (χ0n) is 12.3. The second-order valence-electron chi connectivity index (χ2n) is 4.98. The Kier molecular flexibility index (Phi) is 5.72. The van der Waals surface area contributed by atoms with Gasteiger partial charge < -0.3 is 5.32 Å². The van der Waals surface area contributed by atoms with Gasteiger partial charge in [-0.15, -0.1) is 11.3 Å². The van der Waals surface area contributed by atoms with Crippen LogP contribution >= 0.6 is 27.3 Å². The largest absolute Gasteiger partial charge is 0.325 e. The van der Waals surface area contributed by atoms with E-state index in [0.717, 1.165) is 10.3 Å². The maximum absolute atomic E-state index is 12.3. The van der Waals surface area contributed by atoms with Crippen molar-refractivity contribution in [1.82, 2.24) is 4.90 Å². The van der Waals surface area contributed by atoms with Gasteiger partial charge in [0.25, 0.3) is 0 Å². The van der Waals surface area contributed by atoms with Crippen molar-refractivity contribution in [3.8, 4) is 6.07 Å². The predicted molar refractivity (Wildman–Crippen MR) is 92.7 cm³/mol. The summed E-state index contributed by atoms with van der Waals surface area (Å²) in [6.07, 6.45) is 0. The van der Waals surface area contributed by atoms with Gasteiger partial charge >= 0.3 is 0 Å². The molecule has 6 heteroatoms. The Morgan fingerprint density at radius 3 is 2.59 bits per heavy atom. The number of rotatable bonds is 5. The van der Waals surface area contributed by atoms with Crippen molar-refractivity contribution in [1.29, 1.82) is 5.26 Å². The van der Waals surface area contributed by atoms with Crippen molar-refractivity contribution in [3.05, 3.63) is 50.6 Å². The number of benzene rings is 1. The Morgan fingerprint density at radius 2 is 2.05 bits per heavy atom. The fourth-order valence-electron chi connectivity index (χ4n) is 1.89. The van der Waals surface area contributed by atoms with E-state index in [1.807, 2.05) is 24.9 Å². The highest BCUT2D eigenvalue weighted by Gasteiger charge is 2.18. The van der Waals surface area contributed by atoms with E-state index in [4.69, 9.17) is 5.26 Å². The second kappa shape index (κ2) is 7.54. The van der Waals surface area contributed by atoms with Gasteiger partial charge in [-0.3, -0.25) is 9.69 Å². The van der Waals surface area contributed by atoms with E-state index in [9.17, 15) is 4.79 Å². The summed E-state index contributed by atoms with van der Waals surface area (Å²) in [5.74, 6) is -0.0668. The highest BCUT2D eigenvalue weighted by Crippen LogP contribution is 2.23. The Bertz CT molecular complexity index is 690. The normalized spacial score (nSPS) is 12.0. The molecule has 1 atom stereocenters. The van der Waals surface area contributed by atoms with Crippen molar-refractivity contribution in [2.45, 2.75) is 19.5 Å². The molecule has 0 bridgehead atoms. The number of nitrogens with one attached hydrogen (secondary N) is 1. The van der Waals surface area contributed by atoms with Crippen molar-refractivity contribution < 1.29 is 4.79 Å². The molecule has 22 heavy (non-hydrogen) atoms. The van der Waals surface area contributed by atoms with Crippen LogP contribution < -0.4 is 5.32 Å². The lowest BCUT2D eigenvalue weighted by Gasteiger charge is -2.23. The summed E-state index contributed by atoms with van der Waals surface area (Å²) in [4.78, 5) is 15.5. The van der Waals surface area contributed by atoms with E-state index < -0.39 is 0 Å². The topological polar surface area (TPSA) is 56.1 Å². The molecule has 1 aromatic heterocycles. The van der Waals surface area contributed by atoms with Crippen molar-refractivity contribution in [2.75, 3.05) is 12.4 Å². The SMILES string of the molecule is C[C@H](C(=O)Nc1ccc(C#N)cc1)N(C)Cc1ccc(Br)s1. The van der Waals surface area contributed by atoms with Gasteiger partial charge in [-0.1, -0.05) is 0 Å². The molecule has 0 spiro atoms. The number of anilines is 1. The number of thiophene rings is 1. The third-order valence-corrected chi connectivity index (χ3v) is 4.96. The maximum atomic E-state index is 12.3. The van der Waals surface area contributed by atoms with Gasteiger partial charge in [-0.2, -0.15) is 5.26 Å². The number of likely N-dealkylation sites (N-methyl/N-ethyl adjacent to an activating group) is 1. The van der Waals surface area contributed by atoms with Crippen LogP contribution in [-0.2, 0) is 11.3 Å². The van der Waals surface area contributed by atoms with Crippen LogP contribution in [0, 0.1) is 11.3 Å². The van der Waals surface area contributed by atoms with Crippen LogP contribution in [-0.4, -0.2) is 23.9 Å². The average molecular weight is 378 g/mol. The summed E-state index contributed by atoms with van der Waals surface area (Å²) < 4.78 is 1.09. The molecule has 114 valence electrons. The van der Waals surface area contributed by atoms with E-state index in [1.54, 1.807) is 35.6 Å².